The predicted molar refractivity (Wildman–Crippen MR) is 76.2 cm³/mol. The molecule has 2 unspecified atom stereocenters. The predicted octanol–water partition coefficient (Wildman–Crippen LogP) is 0.753. The van der Waals surface area contributed by atoms with Crippen molar-refractivity contribution in [3.63, 3.8) is 0 Å². The van der Waals surface area contributed by atoms with Gasteiger partial charge < -0.3 is 15.5 Å². The van der Waals surface area contributed by atoms with Gasteiger partial charge >= 0.3 is 0 Å². The zero-order chi connectivity index (χ0) is 11.3. The normalized spacial score (nSPS) is 21.2. The monoisotopic (exact) mass is 285 g/mol. The van der Waals surface area contributed by atoms with Gasteiger partial charge in [-0.05, 0) is 33.0 Å². The van der Waals surface area contributed by atoms with Crippen molar-refractivity contribution in [3.05, 3.63) is 0 Å². The Kier molecular flexibility index (Phi) is 11.3. The third kappa shape index (κ3) is 7.09. The smallest absolute Gasteiger partial charge is 0.224 e. The van der Waals surface area contributed by atoms with Gasteiger partial charge in [-0.15, -0.1) is 24.8 Å². The topological polar surface area (TPSA) is 44.4 Å². The number of hydrogen-bond donors (Lipinski definition) is 2. The molecule has 0 aromatic heterocycles. The molecule has 1 rings (SSSR count). The van der Waals surface area contributed by atoms with Crippen LogP contribution in [0.1, 0.15) is 13.3 Å². The maximum atomic E-state index is 11.6. The van der Waals surface area contributed by atoms with Crippen LogP contribution in [0.25, 0.3) is 0 Å². The summed E-state index contributed by atoms with van der Waals surface area (Å²) in [6.07, 6.45) is 1.21. The summed E-state index contributed by atoms with van der Waals surface area (Å²) in [5, 5.41) is 6.04. The van der Waals surface area contributed by atoms with Crippen LogP contribution in [-0.2, 0) is 4.79 Å². The molecule has 104 valence electrons. The van der Waals surface area contributed by atoms with Crippen molar-refractivity contribution in [3.8, 4) is 0 Å². The second kappa shape index (κ2) is 9.95. The van der Waals surface area contributed by atoms with E-state index in [9.17, 15) is 4.79 Å². The van der Waals surface area contributed by atoms with Crippen LogP contribution >= 0.6 is 24.8 Å². The molecule has 0 bridgehead atoms. The van der Waals surface area contributed by atoms with Crippen molar-refractivity contribution in [2.45, 2.75) is 13.3 Å². The molecule has 1 aliphatic rings. The summed E-state index contributed by atoms with van der Waals surface area (Å²) in [5.74, 6) is 0.869. The lowest BCUT2D eigenvalue weighted by Gasteiger charge is -2.15. The van der Waals surface area contributed by atoms with Crippen LogP contribution < -0.4 is 10.6 Å². The van der Waals surface area contributed by atoms with Crippen molar-refractivity contribution >= 4 is 30.7 Å². The average Bonchev–Trinajstić information content (AvgIpc) is 2.61. The van der Waals surface area contributed by atoms with E-state index < -0.39 is 0 Å². The van der Waals surface area contributed by atoms with E-state index in [1.165, 1.54) is 6.42 Å². The van der Waals surface area contributed by atoms with E-state index >= 15 is 0 Å². The molecule has 4 nitrogen and oxygen atoms in total. The number of likely N-dealkylation sites (tertiary alicyclic amines) is 1. The van der Waals surface area contributed by atoms with Crippen molar-refractivity contribution in [2.24, 2.45) is 11.8 Å². The van der Waals surface area contributed by atoms with E-state index in [1.807, 2.05) is 14.0 Å². The summed E-state index contributed by atoms with van der Waals surface area (Å²) >= 11 is 0. The molecule has 1 amide bonds. The number of nitrogens with zero attached hydrogens (tertiary/aromatic N) is 1. The summed E-state index contributed by atoms with van der Waals surface area (Å²) in [7, 11) is 4.00. The van der Waals surface area contributed by atoms with Crippen molar-refractivity contribution in [2.75, 3.05) is 40.3 Å². The van der Waals surface area contributed by atoms with Gasteiger partial charge in [0, 0.05) is 25.6 Å². The number of rotatable bonds is 5. The molecule has 17 heavy (non-hydrogen) atoms. The number of carbonyl (C=O) groups is 1. The van der Waals surface area contributed by atoms with Crippen molar-refractivity contribution in [1.29, 1.82) is 0 Å². The SMILES string of the molecule is CNCC(C)C(=O)NCC1CCN(C)C1.Cl.Cl. The Morgan fingerprint density at radius 2 is 2.12 bits per heavy atom. The lowest BCUT2D eigenvalue weighted by molar-refractivity contribution is -0.124. The van der Waals surface area contributed by atoms with E-state index in [0.29, 0.717) is 5.92 Å². The first-order valence-corrected chi connectivity index (χ1v) is 5.74. The van der Waals surface area contributed by atoms with Gasteiger partial charge in [0.15, 0.2) is 0 Å². The standard InChI is InChI=1S/C11H23N3O.2ClH/c1-9(6-12-2)11(15)13-7-10-4-5-14(3)8-10;;/h9-10,12H,4-8H2,1-3H3,(H,13,15);2*1H. The first-order chi connectivity index (χ1) is 7.13. The molecule has 2 N–H and O–H groups in total. The second-order valence-corrected chi connectivity index (χ2v) is 4.62. The highest BCUT2D eigenvalue weighted by atomic mass is 35.5. The third-order valence-corrected chi connectivity index (χ3v) is 3.01. The van der Waals surface area contributed by atoms with Crippen LogP contribution in [0.15, 0.2) is 0 Å². The minimum atomic E-state index is 0. The number of amides is 1. The van der Waals surface area contributed by atoms with E-state index in [-0.39, 0.29) is 36.6 Å². The molecule has 0 aliphatic carbocycles. The maximum Gasteiger partial charge on any atom is 0.224 e. The minimum Gasteiger partial charge on any atom is -0.356 e. The van der Waals surface area contributed by atoms with Gasteiger partial charge in [0.05, 0.1) is 0 Å². The van der Waals surface area contributed by atoms with Gasteiger partial charge in [-0.25, -0.2) is 0 Å². The molecule has 1 heterocycles. The van der Waals surface area contributed by atoms with E-state index in [1.54, 1.807) is 0 Å². The Labute approximate surface area is 117 Å². The molecular formula is C11H25Cl2N3O. The number of hydrogen-bond acceptors (Lipinski definition) is 3. The van der Waals surface area contributed by atoms with E-state index in [2.05, 4.69) is 22.6 Å². The Balaban J connectivity index is 0. The number of carbonyl (C=O) groups excluding carboxylic acids is 1. The van der Waals surface area contributed by atoms with Crippen molar-refractivity contribution in [1.82, 2.24) is 15.5 Å². The second-order valence-electron chi connectivity index (χ2n) is 4.62. The fourth-order valence-electron chi connectivity index (χ4n) is 2.01. The largest absolute Gasteiger partial charge is 0.356 e. The average molecular weight is 286 g/mol. The quantitative estimate of drug-likeness (QED) is 0.784. The molecule has 0 saturated carbocycles. The summed E-state index contributed by atoms with van der Waals surface area (Å²) < 4.78 is 0. The van der Waals surface area contributed by atoms with Crippen LogP contribution in [0, 0.1) is 11.8 Å². The molecule has 1 saturated heterocycles. The highest BCUT2D eigenvalue weighted by molar-refractivity contribution is 5.85. The van der Waals surface area contributed by atoms with Crippen LogP contribution in [0.2, 0.25) is 0 Å². The molecule has 1 aliphatic heterocycles. The summed E-state index contributed by atoms with van der Waals surface area (Å²) in [6, 6.07) is 0. The number of nitrogens with one attached hydrogen (secondary N) is 2. The van der Waals surface area contributed by atoms with Gasteiger partial charge in [-0.1, -0.05) is 6.92 Å². The molecule has 0 spiro atoms. The van der Waals surface area contributed by atoms with Gasteiger partial charge in [-0.3, -0.25) is 4.79 Å². The Bertz CT molecular complexity index is 217. The van der Waals surface area contributed by atoms with E-state index in [0.717, 1.165) is 26.2 Å². The highest BCUT2D eigenvalue weighted by Gasteiger charge is 2.20. The maximum absolute atomic E-state index is 11.6. The molecule has 1 fully saturated rings. The molecule has 0 aromatic carbocycles. The Hall–Kier alpha value is -0.0300. The first kappa shape index (κ1) is 19.3. The molecule has 0 aromatic rings. The fraction of sp³-hybridized carbons (Fsp3) is 0.909. The van der Waals surface area contributed by atoms with Crippen LogP contribution in [0.3, 0.4) is 0 Å². The van der Waals surface area contributed by atoms with Gasteiger partial charge in [-0.2, -0.15) is 0 Å². The summed E-state index contributed by atoms with van der Waals surface area (Å²) in [4.78, 5) is 13.9. The number of halogens is 2. The Morgan fingerprint density at radius 1 is 1.47 bits per heavy atom. The lowest BCUT2D eigenvalue weighted by Crippen LogP contribution is -2.37. The molecule has 0 radical (unpaired) electrons. The van der Waals surface area contributed by atoms with Gasteiger partial charge in [0.2, 0.25) is 5.91 Å². The van der Waals surface area contributed by atoms with Crippen LogP contribution in [-0.4, -0.2) is 51.1 Å². The zero-order valence-electron chi connectivity index (χ0n) is 10.9. The van der Waals surface area contributed by atoms with Crippen molar-refractivity contribution < 1.29 is 4.79 Å². The summed E-state index contributed by atoms with van der Waals surface area (Å²) in [6.45, 7) is 5.80. The third-order valence-electron chi connectivity index (χ3n) is 3.01. The van der Waals surface area contributed by atoms with E-state index in [4.69, 9.17) is 0 Å². The Morgan fingerprint density at radius 3 is 2.59 bits per heavy atom. The minimum absolute atomic E-state index is 0. The van der Waals surface area contributed by atoms with Gasteiger partial charge in [0.1, 0.15) is 0 Å². The molecule has 6 heteroatoms. The lowest BCUT2D eigenvalue weighted by atomic mass is 10.1. The molecular weight excluding hydrogens is 261 g/mol. The highest BCUT2D eigenvalue weighted by Crippen LogP contribution is 2.12. The van der Waals surface area contributed by atoms with Crippen LogP contribution in [0.4, 0.5) is 0 Å². The van der Waals surface area contributed by atoms with Gasteiger partial charge in [0.25, 0.3) is 0 Å². The first-order valence-electron chi connectivity index (χ1n) is 5.74. The fourth-order valence-corrected chi connectivity index (χ4v) is 2.01. The molecule has 2 atom stereocenters. The zero-order valence-corrected chi connectivity index (χ0v) is 12.5. The van der Waals surface area contributed by atoms with Crippen LogP contribution in [0.5, 0.6) is 0 Å². The summed E-state index contributed by atoms with van der Waals surface area (Å²) in [5.41, 5.74) is 0.